The average Bonchev–Trinajstić information content (AvgIpc) is 3.34. The van der Waals surface area contributed by atoms with Crippen LogP contribution in [0.15, 0.2) is 30.7 Å². The fourth-order valence-corrected chi connectivity index (χ4v) is 3.56. The van der Waals surface area contributed by atoms with Gasteiger partial charge in [-0.2, -0.15) is 5.10 Å². The van der Waals surface area contributed by atoms with Crippen molar-refractivity contribution in [2.45, 2.75) is 31.5 Å². The van der Waals surface area contributed by atoms with E-state index in [1.807, 2.05) is 12.1 Å². The lowest BCUT2D eigenvalue weighted by molar-refractivity contribution is 0.0699. The number of hydrogen-bond donors (Lipinski definition) is 1. The highest BCUT2D eigenvalue weighted by molar-refractivity contribution is 5.96. The van der Waals surface area contributed by atoms with Gasteiger partial charge in [0.1, 0.15) is 0 Å². The third kappa shape index (κ3) is 2.45. The molecule has 0 atom stereocenters. The van der Waals surface area contributed by atoms with Gasteiger partial charge in [0.2, 0.25) is 0 Å². The number of aromatic nitrogens is 3. The molecule has 0 aromatic carbocycles. The summed E-state index contributed by atoms with van der Waals surface area (Å²) in [7, 11) is 1.80. The third-order valence-corrected chi connectivity index (χ3v) is 5.26. The van der Waals surface area contributed by atoms with E-state index in [0.717, 1.165) is 18.4 Å². The van der Waals surface area contributed by atoms with Gasteiger partial charge >= 0.3 is 6.09 Å². The van der Waals surface area contributed by atoms with Crippen LogP contribution in [0.25, 0.3) is 0 Å². The SMILES string of the molecule is CN(C(=O)c1cnn2c1CN(C(=O)O)CC2)C1(c2ccncc2)CC1. The molecule has 0 saturated heterocycles. The lowest BCUT2D eigenvalue weighted by Gasteiger charge is -2.30. The number of carbonyl (C=O) groups excluding carboxylic acids is 1. The van der Waals surface area contributed by atoms with Crippen LogP contribution < -0.4 is 0 Å². The Morgan fingerprint density at radius 1 is 1.24 bits per heavy atom. The average molecular weight is 341 g/mol. The zero-order valence-electron chi connectivity index (χ0n) is 13.9. The van der Waals surface area contributed by atoms with Crippen molar-refractivity contribution < 1.29 is 14.7 Å². The van der Waals surface area contributed by atoms with E-state index in [-0.39, 0.29) is 18.0 Å². The molecule has 25 heavy (non-hydrogen) atoms. The van der Waals surface area contributed by atoms with Crippen LogP contribution in [0.3, 0.4) is 0 Å². The van der Waals surface area contributed by atoms with Crippen LogP contribution >= 0.6 is 0 Å². The summed E-state index contributed by atoms with van der Waals surface area (Å²) in [4.78, 5) is 31.5. The maximum atomic E-state index is 13.1. The highest BCUT2D eigenvalue weighted by Gasteiger charge is 2.50. The van der Waals surface area contributed by atoms with Crippen LogP contribution in [0.4, 0.5) is 4.79 Å². The first-order valence-corrected chi connectivity index (χ1v) is 8.24. The number of rotatable bonds is 3. The Kier molecular flexibility index (Phi) is 3.48. The zero-order chi connectivity index (χ0) is 17.6. The molecule has 1 aliphatic carbocycles. The van der Waals surface area contributed by atoms with Crippen molar-refractivity contribution in [3.05, 3.63) is 47.5 Å². The first-order chi connectivity index (χ1) is 12.0. The predicted octanol–water partition coefficient (Wildman–Crippen LogP) is 1.53. The van der Waals surface area contributed by atoms with Gasteiger partial charge in [-0.05, 0) is 30.5 Å². The van der Waals surface area contributed by atoms with Gasteiger partial charge in [0, 0.05) is 26.0 Å². The second-order valence-electron chi connectivity index (χ2n) is 6.56. The lowest BCUT2D eigenvalue weighted by Crippen LogP contribution is -2.40. The van der Waals surface area contributed by atoms with Gasteiger partial charge in [-0.1, -0.05) is 0 Å². The largest absolute Gasteiger partial charge is 0.465 e. The number of pyridine rings is 1. The molecule has 8 heteroatoms. The molecule has 1 aliphatic heterocycles. The maximum Gasteiger partial charge on any atom is 0.407 e. The molecular weight excluding hydrogens is 322 g/mol. The van der Waals surface area contributed by atoms with E-state index < -0.39 is 6.09 Å². The van der Waals surface area contributed by atoms with E-state index in [1.54, 1.807) is 35.2 Å². The Morgan fingerprint density at radius 2 is 1.96 bits per heavy atom. The molecule has 2 aliphatic rings. The number of carboxylic acid groups (broad SMARTS) is 1. The lowest BCUT2D eigenvalue weighted by atomic mass is 10.0. The van der Waals surface area contributed by atoms with E-state index >= 15 is 0 Å². The van der Waals surface area contributed by atoms with Crippen LogP contribution in [0, 0.1) is 0 Å². The highest BCUT2D eigenvalue weighted by Crippen LogP contribution is 2.50. The van der Waals surface area contributed by atoms with Gasteiger partial charge in [0.15, 0.2) is 0 Å². The summed E-state index contributed by atoms with van der Waals surface area (Å²) in [5, 5.41) is 13.5. The van der Waals surface area contributed by atoms with E-state index in [1.165, 1.54) is 4.90 Å². The van der Waals surface area contributed by atoms with E-state index in [0.29, 0.717) is 24.3 Å². The molecule has 3 heterocycles. The predicted molar refractivity (Wildman–Crippen MR) is 87.9 cm³/mol. The van der Waals surface area contributed by atoms with Crippen LogP contribution in [0.5, 0.6) is 0 Å². The summed E-state index contributed by atoms with van der Waals surface area (Å²) in [6.07, 6.45) is 5.87. The molecule has 2 aromatic heterocycles. The number of fused-ring (bicyclic) bond motifs is 1. The molecule has 1 saturated carbocycles. The van der Waals surface area contributed by atoms with Gasteiger partial charge in [0.05, 0.1) is 36.1 Å². The quantitative estimate of drug-likeness (QED) is 0.914. The fourth-order valence-electron chi connectivity index (χ4n) is 3.56. The van der Waals surface area contributed by atoms with Gasteiger partial charge in [0.25, 0.3) is 5.91 Å². The van der Waals surface area contributed by atoms with E-state index in [9.17, 15) is 14.7 Å². The molecule has 8 nitrogen and oxygen atoms in total. The number of hydrogen-bond acceptors (Lipinski definition) is 4. The van der Waals surface area contributed by atoms with Crippen LogP contribution in [-0.2, 0) is 18.6 Å². The van der Waals surface area contributed by atoms with Crippen molar-refractivity contribution in [1.82, 2.24) is 24.6 Å². The smallest absolute Gasteiger partial charge is 0.407 e. The minimum atomic E-state index is -0.977. The van der Waals surface area contributed by atoms with Gasteiger partial charge in [-0.15, -0.1) is 0 Å². The summed E-state index contributed by atoms with van der Waals surface area (Å²) in [5.41, 5.74) is 1.92. The number of amides is 2. The Hall–Kier alpha value is -2.90. The monoisotopic (exact) mass is 341 g/mol. The van der Waals surface area contributed by atoms with Crippen molar-refractivity contribution in [2.24, 2.45) is 0 Å². The van der Waals surface area contributed by atoms with Crippen molar-refractivity contribution in [1.29, 1.82) is 0 Å². The molecule has 0 bridgehead atoms. The van der Waals surface area contributed by atoms with Crippen molar-refractivity contribution in [3.8, 4) is 0 Å². The minimum Gasteiger partial charge on any atom is -0.465 e. The van der Waals surface area contributed by atoms with Gasteiger partial charge < -0.3 is 14.9 Å². The Bertz CT molecular complexity index is 828. The first-order valence-electron chi connectivity index (χ1n) is 8.24. The standard InChI is InChI=1S/C17H19N5O3/c1-20(17(4-5-17)12-2-6-18-7-3-12)15(23)13-10-19-22-9-8-21(16(24)25)11-14(13)22/h2-3,6-7,10H,4-5,8-9,11H2,1H3,(H,24,25). The fraction of sp³-hybridized carbons (Fsp3) is 0.412. The Balaban J connectivity index is 1.62. The second kappa shape index (κ2) is 5.58. The third-order valence-electron chi connectivity index (χ3n) is 5.26. The van der Waals surface area contributed by atoms with E-state index in [4.69, 9.17) is 0 Å². The molecule has 0 unspecified atom stereocenters. The van der Waals surface area contributed by atoms with Gasteiger partial charge in [-0.25, -0.2) is 4.79 Å². The van der Waals surface area contributed by atoms with Crippen molar-refractivity contribution >= 4 is 12.0 Å². The van der Waals surface area contributed by atoms with E-state index in [2.05, 4.69) is 10.1 Å². The van der Waals surface area contributed by atoms with Crippen LogP contribution in [-0.4, -0.2) is 55.3 Å². The zero-order valence-corrected chi connectivity index (χ0v) is 13.9. The molecule has 1 N–H and O–H groups in total. The normalized spacial score (nSPS) is 17.7. The molecule has 2 amide bonds. The second-order valence-corrected chi connectivity index (χ2v) is 6.56. The molecular formula is C17H19N5O3. The van der Waals surface area contributed by atoms with Crippen LogP contribution in [0.1, 0.15) is 34.5 Å². The van der Waals surface area contributed by atoms with Crippen molar-refractivity contribution in [2.75, 3.05) is 13.6 Å². The first kappa shape index (κ1) is 15.6. The Labute approximate surface area is 144 Å². The van der Waals surface area contributed by atoms with Crippen molar-refractivity contribution in [3.63, 3.8) is 0 Å². The highest BCUT2D eigenvalue weighted by atomic mass is 16.4. The molecule has 4 rings (SSSR count). The summed E-state index contributed by atoms with van der Waals surface area (Å²) < 4.78 is 1.73. The minimum absolute atomic E-state index is 0.122. The molecule has 0 radical (unpaired) electrons. The molecule has 0 spiro atoms. The topological polar surface area (TPSA) is 91.6 Å². The number of nitrogens with zero attached hydrogens (tertiary/aromatic N) is 5. The molecule has 130 valence electrons. The van der Waals surface area contributed by atoms with Crippen LogP contribution in [0.2, 0.25) is 0 Å². The van der Waals surface area contributed by atoms with Gasteiger partial charge in [-0.3, -0.25) is 14.5 Å². The summed E-state index contributed by atoms with van der Waals surface area (Å²) in [5.74, 6) is -0.122. The summed E-state index contributed by atoms with van der Waals surface area (Å²) >= 11 is 0. The Morgan fingerprint density at radius 3 is 2.60 bits per heavy atom. The summed E-state index contributed by atoms with van der Waals surface area (Å²) in [6.45, 7) is 1.04. The summed E-state index contributed by atoms with van der Waals surface area (Å²) in [6, 6.07) is 3.88. The molecule has 1 fully saturated rings. The number of carbonyl (C=O) groups is 2. The maximum absolute atomic E-state index is 13.1. The molecule has 2 aromatic rings.